The van der Waals surface area contributed by atoms with Crippen LogP contribution in [0.5, 0.6) is 17.2 Å². The number of nitrogens with zero attached hydrogens (tertiary/aromatic N) is 2. The quantitative estimate of drug-likeness (QED) is 0.562. The molecular weight excluding hydrogens is 400 g/mol. The van der Waals surface area contributed by atoms with Crippen molar-refractivity contribution in [3.8, 4) is 17.2 Å². The van der Waals surface area contributed by atoms with Crippen LogP contribution in [-0.2, 0) is 0 Å². The normalized spacial score (nSPS) is 21.4. The molecule has 0 bridgehead atoms. The molecule has 3 aliphatic rings. The van der Waals surface area contributed by atoms with E-state index in [0.717, 1.165) is 46.1 Å². The molecule has 3 aromatic rings. The Balaban J connectivity index is 1.43. The zero-order chi connectivity index (χ0) is 20.1. The first-order valence-electron chi connectivity index (χ1n) is 10.0. The summed E-state index contributed by atoms with van der Waals surface area (Å²) < 4.78 is 17.8. The standard InChI is InChI=1S/C24H19ClN2O3/c25-18-7-3-1-5-16(18)24-27-20(17-6-2-4-8-21(17)30-24)14-19(26-27)15-9-10-22-23(13-15)29-12-11-28-22/h1-10,13,20,24H,11-12,14H2/t20-,24-/m0/s1. The van der Waals surface area contributed by atoms with Crippen LogP contribution in [0.3, 0.4) is 0 Å². The molecule has 0 saturated heterocycles. The van der Waals surface area contributed by atoms with Gasteiger partial charge in [-0.2, -0.15) is 5.10 Å². The molecule has 0 unspecified atom stereocenters. The second kappa shape index (κ2) is 6.96. The van der Waals surface area contributed by atoms with Crippen LogP contribution in [-0.4, -0.2) is 23.9 Å². The van der Waals surface area contributed by atoms with Crippen molar-refractivity contribution in [3.05, 3.63) is 88.4 Å². The molecule has 0 aromatic heterocycles. The Hall–Kier alpha value is -3.18. The lowest BCUT2D eigenvalue weighted by molar-refractivity contribution is -0.0189. The van der Waals surface area contributed by atoms with E-state index in [1.807, 2.05) is 65.7 Å². The minimum Gasteiger partial charge on any atom is -0.486 e. The summed E-state index contributed by atoms with van der Waals surface area (Å²) in [5.41, 5.74) is 4.07. The summed E-state index contributed by atoms with van der Waals surface area (Å²) in [6.07, 6.45) is 0.398. The van der Waals surface area contributed by atoms with Crippen LogP contribution in [0.2, 0.25) is 5.02 Å². The third-order valence-electron chi connectivity index (χ3n) is 5.75. The van der Waals surface area contributed by atoms with Crippen molar-refractivity contribution in [2.75, 3.05) is 13.2 Å². The van der Waals surface area contributed by atoms with E-state index >= 15 is 0 Å². The summed E-state index contributed by atoms with van der Waals surface area (Å²) in [5, 5.41) is 7.70. The molecule has 150 valence electrons. The van der Waals surface area contributed by atoms with Gasteiger partial charge in [0.15, 0.2) is 11.5 Å². The molecule has 5 nitrogen and oxygen atoms in total. The van der Waals surface area contributed by atoms with Crippen LogP contribution in [0.15, 0.2) is 71.8 Å². The van der Waals surface area contributed by atoms with Gasteiger partial charge in [-0.05, 0) is 30.3 Å². The number of hydrogen-bond acceptors (Lipinski definition) is 5. The van der Waals surface area contributed by atoms with Crippen molar-refractivity contribution >= 4 is 17.3 Å². The molecule has 30 heavy (non-hydrogen) atoms. The molecule has 0 spiro atoms. The molecule has 0 amide bonds. The van der Waals surface area contributed by atoms with Gasteiger partial charge >= 0.3 is 0 Å². The van der Waals surface area contributed by atoms with Crippen molar-refractivity contribution in [1.82, 2.24) is 5.01 Å². The number of benzene rings is 3. The molecule has 6 rings (SSSR count). The number of rotatable bonds is 2. The van der Waals surface area contributed by atoms with Crippen molar-refractivity contribution in [3.63, 3.8) is 0 Å². The lowest BCUT2D eigenvalue weighted by atomic mass is 9.95. The molecule has 3 aromatic carbocycles. The fraction of sp³-hybridized carbons (Fsp3) is 0.208. The summed E-state index contributed by atoms with van der Waals surface area (Å²) in [5.74, 6) is 2.43. The van der Waals surface area contributed by atoms with Gasteiger partial charge in [-0.15, -0.1) is 0 Å². The molecular formula is C24H19ClN2O3. The molecule has 0 aliphatic carbocycles. The highest BCUT2D eigenvalue weighted by Crippen LogP contribution is 2.48. The Morgan fingerprint density at radius 2 is 1.60 bits per heavy atom. The molecule has 6 heteroatoms. The van der Waals surface area contributed by atoms with E-state index in [4.69, 9.17) is 30.9 Å². The van der Waals surface area contributed by atoms with E-state index < -0.39 is 0 Å². The summed E-state index contributed by atoms with van der Waals surface area (Å²) >= 11 is 6.52. The highest BCUT2D eigenvalue weighted by atomic mass is 35.5. The second-order valence-electron chi connectivity index (χ2n) is 7.53. The topological polar surface area (TPSA) is 43.3 Å². The Labute approximate surface area is 179 Å². The minimum atomic E-state index is -0.381. The summed E-state index contributed by atoms with van der Waals surface area (Å²) in [6.45, 7) is 1.14. The fourth-order valence-corrected chi connectivity index (χ4v) is 4.54. The summed E-state index contributed by atoms with van der Waals surface area (Å²) in [4.78, 5) is 0. The molecule has 2 atom stereocenters. The first-order valence-corrected chi connectivity index (χ1v) is 10.4. The van der Waals surface area contributed by atoms with Crippen LogP contribution >= 0.6 is 11.6 Å². The number of hydrogen-bond donors (Lipinski definition) is 0. The van der Waals surface area contributed by atoms with Gasteiger partial charge in [-0.3, -0.25) is 0 Å². The predicted molar refractivity (Wildman–Crippen MR) is 114 cm³/mol. The molecule has 0 N–H and O–H groups in total. The van der Waals surface area contributed by atoms with Crippen LogP contribution in [0.1, 0.15) is 35.4 Å². The summed E-state index contributed by atoms with van der Waals surface area (Å²) in [7, 11) is 0. The van der Waals surface area contributed by atoms with Gasteiger partial charge in [0.25, 0.3) is 0 Å². The van der Waals surface area contributed by atoms with Gasteiger partial charge < -0.3 is 14.2 Å². The Morgan fingerprint density at radius 3 is 2.47 bits per heavy atom. The number of halogens is 1. The first-order chi connectivity index (χ1) is 14.8. The lowest BCUT2D eigenvalue weighted by Crippen LogP contribution is -2.33. The van der Waals surface area contributed by atoms with Crippen molar-refractivity contribution in [1.29, 1.82) is 0 Å². The number of fused-ring (bicyclic) bond motifs is 4. The van der Waals surface area contributed by atoms with E-state index in [9.17, 15) is 0 Å². The number of ether oxygens (including phenoxy) is 3. The van der Waals surface area contributed by atoms with Crippen molar-refractivity contribution in [2.24, 2.45) is 5.10 Å². The number of para-hydroxylation sites is 1. The zero-order valence-corrected chi connectivity index (χ0v) is 16.9. The highest BCUT2D eigenvalue weighted by Gasteiger charge is 2.41. The van der Waals surface area contributed by atoms with Gasteiger partial charge in [0.2, 0.25) is 6.23 Å². The largest absolute Gasteiger partial charge is 0.486 e. The van der Waals surface area contributed by atoms with Crippen molar-refractivity contribution < 1.29 is 14.2 Å². The number of hydrazone groups is 1. The van der Waals surface area contributed by atoms with Gasteiger partial charge in [0.05, 0.1) is 11.8 Å². The Kier molecular flexibility index (Phi) is 4.09. The van der Waals surface area contributed by atoms with Crippen LogP contribution in [0, 0.1) is 0 Å². The van der Waals surface area contributed by atoms with Crippen LogP contribution in [0.4, 0.5) is 0 Å². The fourth-order valence-electron chi connectivity index (χ4n) is 4.31. The smallest absolute Gasteiger partial charge is 0.215 e. The molecule has 3 heterocycles. The van der Waals surface area contributed by atoms with E-state index in [0.29, 0.717) is 18.2 Å². The van der Waals surface area contributed by atoms with E-state index in [1.54, 1.807) is 0 Å². The van der Waals surface area contributed by atoms with Gasteiger partial charge in [-0.1, -0.05) is 48.0 Å². The lowest BCUT2D eigenvalue weighted by Gasteiger charge is -2.38. The van der Waals surface area contributed by atoms with E-state index in [2.05, 4.69) is 6.07 Å². The average molecular weight is 419 g/mol. The first kappa shape index (κ1) is 17.7. The van der Waals surface area contributed by atoms with Gasteiger partial charge in [-0.25, -0.2) is 5.01 Å². The molecule has 0 fully saturated rings. The zero-order valence-electron chi connectivity index (χ0n) is 16.1. The molecule has 0 radical (unpaired) electrons. The predicted octanol–water partition coefficient (Wildman–Crippen LogP) is 5.35. The third kappa shape index (κ3) is 2.81. The third-order valence-corrected chi connectivity index (χ3v) is 6.09. The molecule has 0 saturated carbocycles. The average Bonchev–Trinajstić information content (AvgIpc) is 3.24. The Morgan fingerprint density at radius 1 is 0.833 bits per heavy atom. The second-order valence-corrected chi connectivity index (χ2v) is 7.94. The highest BCUT2D eigenvalue weighted by molar-refractivity contribution is 6.31. The van der Waals surface area contributed by atoms with Crippen molar-refractivity contribution in [2.45, 2.75) is 18.7 Å². The van der Waals surface area contributed by atoms with E-state index in [-0.39, 0.29) is 12.3 Å². The van der Waals surface area contributed by atoms with Gasteiger partial charge in [0, 0.05) is 28.1 Å². The maximum Gasteiger partial charge on any atom is 0.215 e. The monoisotopic (exact) mass is 418 g/mol. The van der Waals surface area contributed by atoms with Crippen LogP contribution < -0.4 is 14.2 Å². The van der Waals surface area contributed by atoms with Crippen LogP contribution in [0.25, 0.3) is 0 Å². The SMILES string of the molecule is Clc1ccccc1[C@@H]1Oc2ccccc2[C@@H]2CC(c3ccc4c(c3)OCCO4)=NN21. The Bertz CT molecular complexity index is 1160. The van der Waals surface area contributed by atoms with Gasteiger partial charge in [0.1, 0.15) is 19.0 Å². The molecule has 3 aliphatic heterocycles. The summed E-state index contributed by atoms with van der Waals surface area (Å²) in [6, 6.07) is 22.0. The maximum absolute atomic E-state index is 6.52. The minimum absolute atomic E-state index is 0.0828. The van der Waals surface area contributed by atoms with E-state index in [1.165, 1.54) is 0 Å². The maximum atomic E-state index is 6.52.